The van der Waals surface area contributed by atoms with Gasteiger partial charge >= 0.3 is 0 Å². The quantitative estimate of drug-likeness (QED) is 0.834. The normalized spacial score (nSPS) is 10.3. The Balaban J connectivity index is 2.17. The van der Waals surface area contributed by atoms with Crippen molar-refractivity contribution in [2.45, 2.75) is 13.8 Å². The maximum Gasteiger partial charge on any atom is 0.224 e. The lowest BCUT2D eigenvalue weighted by molar-refractivity contribution is 0.461. The van der Waals surface area contributed by atoms with Crippen LogP contribution in [-0.4, -0.2) is 23.1 Å². The van der Waals surface area contributed by atoms with Gasteiger partial charge in [0.2, 0.25) is 5.88 Å². The monoisotopic (exact) mass is 277 g/mol. The Labute approximate surface area is 118 Å². The highest BCUT2D eigenvalue weighted by Crippen LogP contribution is 2.23. The third kappa shape index (κ3) is 3.58. The Morgan fingerprint density at radius 1 is 1.11 bits per heavy atom. The first-order chi connectivity index (χ1) is 9.22. The minimum absolute atomic E-state index is 0.527. The minimum Gasteiger partial charge on any atom is -0.439 e. The Bertz CT molecular complexity index is 526. The number of ether oxygens (including phenoxy) is 1. The van der Waals surface area contributed by atoms with Crippen LogP contribution in [0.5, 0.6) is 11.6 Å². The zero-order valence-electron chi connectivity index (χ0n) is 11.0. The van der Waals surface area contributed by atoms with Gasteiger partial charge < -0.3 is 9.64 Å². The highest BCUT2D eigenvalue weighted by Gasteiger charge is 2.06. The van der Waals surface area contributed by atoms with Crippen molar-refractivity contribution in [3.8, 4) is 11.6 Å². The van der Waals surface area contributed by atoms with Crippen LogP contribution in [0.4, 0.5) is 5.82 Å². The van der Waals surface area contributed by atoms with Crippen LogP contribution in [0.15, 0.2) is 36.7 Å². The number of halogens is 1. The molecule has 0 aliphatic heterocycles. The number of benzene rings is 1. The summed E-state index contributed by atoms with van der Waals surface area (Å²) in [6.07, 6.45) is 1.51. The summed E-state index contributed by atoms with van der Waals surface area (Å²) in [5.41, 5.74) is 0. The number of aromatic nitrogens is 2. The Morgan fingerprint density at radius 2 is 1.79 bits per heavy atom. The summed E-state index contributed by atoms with van der Waals surface area (Å²) < 4.78 is 5.68. The van der Waals surface area contributed by atoms with Gasteiger partial charge in [0.05, 0.1) is 0 Å². The predicted molar refractivity (Wildman–Crippen MR) is 77.1 cm³/mol. The summed E-state index contributed by atoms with van der Waals surface area (Å²) in [4.78, 5) is 10.5. The van der Waals surface area contributed by atoms with Gasteiger partial charge in [-0.05, 0) is 38.1 Å². The van der Waals surface area contributed by atoms with Crippen molar-refractivity contribution in [3.63, 3.8) is 0 Å². The van der Waals surface area contributed by atoms with E-state index >= 15 is 0 Å². The van der Waals surface area contributed by atoms with Crippen LogP contribution in [0.25, 0.3) is 0 Å². The van der Waals surface area contributed by atoms with E-state index in [4.69, 9.17) is 16.3 Å². The van der Waals surface area contributed by atoms with Crippen LogP contribution in [0, 0.1) is 0 Å². The van der Waals surface area contributed by atoms with E-state index in [1.807, 2.05) is 18.2 Å². The highest BCUT2D eigenvalue weighted by molar-refractivity contribution is 6.30. The largest absolute Gasteiger partial charge is 0.439 e. The van der Waals surface area contributed by atoms with Crippen molar-refractivity contribution in [3.05, 3.63) is 41.7 Å². The molecule has 0 radical (unpaired) electrons. The molecular weight excluding hydrogens is 262 g/mol. The van der Waals surface area contributed by atoms with Gasteiger partial charge in [0.25, 0.3) is 0 Å². The van der Waals surface area contributed by atoms with E-state index in [1.54, 1.807) is 12.1 Å². The lowest BCUT2D eigenvalue weighted by Gasteiger charge is -2.19. The topological polar surface area (TPSA) is 38.2 Å². The number of hydrogen-bond donors (Lipinski definition) is 0. The van der Waals surface area contributed by atoms with Gasteiger partial charge in [-0.1, -0.05) is 11.6 Å². The lowest BCUT2D eigenvalue weighted by Crippen LogP contribution is -2.22. The molecule has 1 heterocycles. The highest BCUT2D eigenvalue weighted by atomic mass is 35.5. The second-order valence-corrected chi connectivity index (χ2v) is 4.38. The number of rotatable bonds is 5. The maximum absolute atomic E-state index is 5.83. The smallest absolute Gasteiger partial charge is 0.224 e. The Hall–Kier alpha value is -1.81. The van der Waals surface area contributed by atoms with E-state index in [0.29, 0.717) is 16.7 Å². The van der Waals surface area contributed by atoms with E-state index in [0.717, 1.165) is 18.9 Å². The van der Waals surface area contributed by atoms with Crippen LogP contribution in [0.3, 0.4) is 0 Å². The van der Waals surface area contributed by atoms with E-state index in [2.05, 4.69) is 28.7 Å². The summed E-state index contributed by atoms with van der Waals surface area (Å²) in [5.74, 6) is 2.09. The van der Waals surface area contributed by atoms with Gasteiger partial charge in [-0.25, -0.2) is 9.97 Å². The van der Waals surface area contributed by atoms with Gasteiger partial charge in [0, 0.05) is 24.2 Å². The van der Waals surface area contributed by atoms with Crippen LogP contribution in [-0.2, 0) is 0 Å². The third-order valence-corrected chi connectivity index (χ3v) is 3.00. The van der Waals surface area contributed by atoms with Crippen molar-refractivity contribution in [1.82, 2.24) is 9.97 Å². The summed E-state index contributed by atoms with van der Waals surface area (Å²) in [5, 5.41) is 0.680. The molecule has 1 aromatic carbocycles. The first-order valence-corrected chi connectivity index (χ1v) is 6.61. The van der Waals surface area contributed by atoms with E-state index < -0.39 is 0 Å². The first-order valence-electron chi connectivity index (χ1n) is 6.23. The molecule has 0 amide bonds. The molecule has 0 saturated carbocycles. The molecule has 19 heavy (non-hydrogen) atoms. The zero-order chi connectivity index (χ0) is 13.7. The van der Waals surface area contributed by atoms with Crippen LogP contribution >= 0.6 is 11.6 Å². The molecule has 0 aliphatic carbocycles. The molecule has 2 aromatic rings. The Morgan fingerprint density at radius 3 is 2.42 bits per heavy atom. The average Bonchev–Trinajstić information content (AvgIpc) is 2.43. The van der Waals surface area contributed by atoms with E-state index in [9.17, 15) is 0 Å². The third-order valence-electron chi connectivity index (χ3n) is 2.75. The van der Waals surface area contributed by atoms with Crippen LogP contribution in [0.2, 0.25) is 5.02 Å². The number of nitrogens with zero attached hydrogens (tertiary/aromatic N) is 3. The van der Waals surface area contributed by atoms with Gasteiger partial charge in [-0.2, -0.15) is 0 Å². The molecule has 0 unspecified atom stereocenters. The van der Waals surface area contributed by atoms with Crippen molar-refractivity contribution < 1.29 is 4.74 Å². The van der Waals surface area contributed by atoms with Crippen molar-refractivity contribution in [2.75, 3.05) is 18.0 Å². The maximum atomic E-state index is 5.83. The van der Waals surface area contributed by atoms with Crippen molar-refractivity contribution in [1.29, 1.82) is 0 Å². The van der Waals surface area contributed by atoms with Crippen LogP contribution in [0.1, 0.15) is 13.8 Å². The first kappa shape index (κ1) is 13.6. The molecule has 2 rings (SSSR count). The molecule has 0 fully saturated rings. The molecule has 0 aliphatic rings. The molecule has 5 heteroatoms. The summed E-state index contributed by atoms with van der Waals surface area (Å²) in [7, 11) is 0. The molecule has 0 saturated heterocycles. The molecule has 0 spiro atoms. The molecule has 100 valence electrons. The zero-order valence-corrected chi connectivity index (χ0v) is 11.8. The van der Waals surface area contributed by atoms with Gasteiger partial charge in [-0.3, -0.25) is 0 Å². The number of anilines is 1. The summed E-state index contributed by atoms with van der Waals surface area (Å²) >= 11 is 5.83. The molecule has 0 atom stereocenters. The molecular formula is C14H16ClN3O. The predicted octanol–water partition coefficient (Wildman–Crippen LogP) is 3.77. The SMILES string of the molecule is CCN(CC)c1cc(Oc2ccc(Cl)cc2)ncn1. The molecule has 0 bridgehead atoms. The van der Waals surface area contributed by atoms with Gasteiger partial charge in [-0.15, -0.1) is 0 Å². The summed E-state index contributed by atoms with van der Waals surface area (Å²) in [6, 6.07) is 9.01. The minimum atomic E-state index is 0.527. The van der Waals surface area contributed by atoms with Gasteiger partial charge in [0.1, 0.15) is 17.9 Å². The lowest BCUT2D eigenvalue weighted by atomic mass is 10.3. The van der Waals surface area contributed by atoms with Gasteiger partial charge in [0.15, 0.2) is 0 Å². The Kier molecular flexibility index (Phi) is 4.58. The second-order valence-electron chi connectivity index (χ2n) is 3.94. The second kappa shape index (κ2) is 6.38. The molecule has 1 aromatic heterocycles. The fraction of sp³-hybridized carbons (Fsp3) is 0.286. The standard InChI is InChI=1S/C14H16ClN3O/c1-3-18(4-2)13-9-14(17-10-16-13)19-12-7-5-11(15)6-8-12/h5-10H,3-4H2,1-2H3. The average molecular weight is 278 g/mol. The van der Waals surface area contributed by atoms with E-state index in [1.165, 1.54) is 6.33 Å². The van der Waals surface area contributed by atoms with Crippen molar-refractivity contribution in [2.24, 2.45) is 0 Å². The fourth-order valence-electron chi connectivity index (χ4n) is 1.73. The molecule has 0 N–H and O–H groups in total. The summed E-state index contributed by atoms with van der Waals surface area (Å²) in [6.45, 7) is 5.97. The molecule has 4 nitrogen and oxygen atoms in total. The fourth-order valence-corrected chi connectivity index (χ4v) is 1.86. The van der Waals surface area contributed by atoms with E-state index in [-0.39, 0.29) is 0 Å². The number of hydrogen-bond acceptors (Lipinski definition) is 4. The van der Waals surface area contributed by atoms with Crippen molar-refractivity contribution >= 4 is 17.4 Å². The van der Waals surface area contributed by atoms with Crippen LogP contribution < -0.4 is 9.64 Å².